The molecule has 0 unspecified atom stereocenters. The lowest BCUT2D eigenvalue weighted by atomic mass is 10.0. The summed E-state index contributed by atoms with van der Waals surface area (Å²) in [5.74, 6) is 0. The maximum atomic E-state index is 8.89. The topological polar surface area (TPSA) is 35.8 Å². The van der Waals surface area contributed by atoms with Crippen molar-refractivity contribution in [3.05, 3.63) is 96.6 Å². The molecule has 4 aromatic carbocycles. The van der Waals surface area contributed by atoms with Crippen LogP contribution < -0.4 is 5.32 Å². The van der Waals surface area contributed by atoms with Gasteiger partial charge < -0.3 is 5.32 Å². The van der Waals surface area contributed by atoms with Gasteiger partial charge in [-0.25, -0.2) is 0 Å². The van der Waals surface area contributed by atoms with Gasteiger partial charge in [-0.05, 0) is 46.8 Å². The molecule has 0 fully saturated rings. The average Bonchev–Trinajstić information content (AvgIpc) is 2.69. The van der Waals surface area contributed by atoms with Crippen molar-refractivity contribution >= 4 is 22.1 Å². The second-order valence-corrected chi connectivity index (χ2v) is 5.92. The van der Waals surface area contributed by atoms with E-state index in [2.05, 4.69) is 78.1 Å². The molecule has 118 valence electrons. The Hall–Kier alpha value is -3.57. The molecule has 0 aromatic heterocycles. The Kier molecular flexibility index (Phi) is 3.90. The number of anilines is 2. The number of benzene rings is 4. The smallest absolute Gasteiger partial charge is 0.0991 e. The minimum absolute atomic E-state index is 0.679. The Balaban J connectivity index is 1.60. The second-order valence-electron chi connectivity index (χ2n) is 5.92. The van der Waals surface area contributed by atoms with Crippen molar-refractivity contribution in [1.82, 2.24) is 0 Å². The molecule has 0 amide bonds. The monoisotopic (exact) mass is 320 g/mol. The molecule has 1 N–H and O–H groups in total. The highest BCUT2D eigenvalue weighted by Crippen LogP contribution is 2.28. The first-order valence-electron chi connectivity index (χ1n) is 8.19. The molecular formula is C23H16N2. The maximum Gasteiger partial charge on any atom is 0.0991 e. The van der Waals surface area contributed by atoms with Crippen molar-refractivity contribution < 1.29 is 0 Å². The van der Waals surface area contributed by atoms with Gasteiger partial charge in [-0.3, -0.25) is 0 Å². The van der Waals surface area contributed by atoms with E-state index in [1.54, 1.807) is 0 Å². The van der Waals surface area contributed by atoms with Crippen LogP contribution in [0, 0.1) is 11.3 Å². The summed E-state index contributed by atoms with van der Waals surface area (Å²) in [6, 6.07) is 32.8. The van der Waals surface area contributed by atoms with E-state index in [1.165, 1.54) is 10.8 Å². The fourth-order valence-corrected chi connectivity index (χ4v) is 2.97. The molecule has 2 nitrogen and oxygen atoms in total. The first-order chi connectivity index (χ1) is 12.3. The van der Waals surface area contributed by atoms with Crippen LogP contribution in [0.5, 0.6) is 0 Å². The Morgan fingerprint density at radius 1 is 0.640 bits per heavy atom. The zero-order chi connectivity index (χ0) is 17.1. The summed E-state index contributed by atoms with van der Waals surface area (Å²) < 4.78 is 0. The van der Waals surface area contributed by atoms with Crippen LogP contribution in [0.15, 0.2) is 91.0 Å². The molecule has 2 heteroatoms. The Bertz CT molecular complexity index is 1050. The molecule has 0 atom stereocenters. The van der Waals surface area contributed by atoms with E-state index in [4.69, 9.17) is 5.26 Å². The predicted molar refractivity (Wildman–Crippen MR) is 104 cm³/mol. The highest BCUT2D eigenvalue weighted by atomic mass is 14.9. The van der Waals surface area contributed by atoms with Gasteiger partial charge in [0.15, 0.2) is 0 Å². The largest absolute Gasteiger partial charge is 0.355 e. The summed E-state index contributed by atoms with van der Waals surface area (Å²) in [6.45, 7) is 0. The number of rotatable bonds is 3. The van der Waals surface area contributed by atoms with Gasteiger partial charge in [0.2, 0.25) is 0 Å². The molecule has 0 aliphatic rings. The molecule has 0 saturated heterocycles. The molecule has 0 aliphatic heterocycles. The van der Waals surface area contributed by atoms with Crippen LogP contribution in [0.2, 0.25) is 0 Å². The van der Waals surface area contributed by atoms with Gasteiger partial charge in [0, 0.05) is 16.8 Å². The molecular weight excluding hydrogens is 304 g/mol. The van der Waals surface area contributed by atoms with E-state index in [0.717, 1.165) is 22.5 Å². The van der Waals surface area contributed by atoms with E-state index < -0.39 is 0 Å². The van der Waals surface area contributed by atoms with Gasteiger partial charge in [-0.2, -0.15) is 5.26 Å². The van der Waals surface area contributed by atoms with E-state index in [1.807, 2.05) is 24.3 Å². The van der Waals surface area contributed by atoms with Gasteiger partial charge in [0.05, 0.1) is 11.6 Å². The molecule has 4 rings (SSSR count). The van der Waals surface area contributed by atoms with Crippen LogP contribution in [0.3, 0.4) is 0 Å². The van der Waals surface area contributed by atoms with Crippen LogP contribution in [-0.2, 0) is 0 Å². The van der Waals surface area contributed by atoms with Gasteiger partial charge in [0.1, 0.15) is 0 Å². The first-order valence-corrected chi connectivity index (χ1v) is 8.19. The van der Waals surface area contributed by atoms with Crippen LogP contribution in [0.4, 0.5) is 11.4 Å². The highest BCUT2D eigenvalue weighted by molar-refractivity contribution is 5.95. The third-order valence-corrected chi connectivity index (χ3v) is 4.30. The molecule has 0 radical (unpaired) electrons. The second kappa shape index (κ2) is 6.51. The fraction of sp³-hybridized carbons (Fsp3) is 0. The molecule has 0 bridgehead atoms. The maximum absolute atomic E-state index is 8.89. The lowest BCUT2D eigenvalue weighted by Crippen LogP contribution is -1.91. The summed E-state index contributed by atoms with van der Waals surface area (Å²) in [6.07, 6.45) is 0. The third kappa shape index (κ3) is 3.08. The van der Waals surface area contributed by atoms with Gasteiger partial charge in [-0.15, -0.1) is 0 Å². The summed E-state index contributed by atoms with van der Waals surface area (Å²) in [4.78, 5) is 0. The summed E-state index contributed by atoms with van der Waals surface area (Å²) in [5, 5.41) is 14.8. The van der Waals surface area contributed by atoms with Crippen molar-refractivity contribution in [3.63, 3.8) is 0 Å². The predicted octanol–water partition coefficient (Wildman–Crippen LogP) is 6.12. The van der Waals surface area contributed by atoms with Gasteiger partial charge in [0.25, 0.3) is 0 Å². The van der Waals surface area contributed by atoms with Crippen LogP contribution in [0.25, 0.3) is 21.9 Å². The number of nitrogens with zero attached hydrogens (tertiary/aromatic N) is 1. The van der Waals surface area contributed by atoms with Crippen molar-refractivity contribution in [2.24, 2.45) is 0 Å². The fourth-order valence-electron chi connectivity index (χ4n) is 2.97. The number of nitriles is 1. The van der Waals surface area contributed by atoms with E-state index in [9.17, 15) is 0 Å². The van der Waals surface area contributed by atoms with Crippen LogP contribution in [-0.4, -0.2) is 0 Å². The Morgan fingerprint density at radius 3 is 2.00 bits per heavy atom. The quantitative estimate of drug-likeness (QED) is 0.493. The first kappa shape index (κ1) is 15.0. The molecule has 4 aromatic rings. The van der Waals surface area contributed by atoms with Crippen molar-refractivity contribution in [2.75, 3.05) is 5.32 Å². The number of hydrogen-bond acceptors (Lipinski definition) is 2. The summed E-state index contributed by atoms with van der Waals surface area (Å²) in [5.41, 5.74) is 5.07. The van der Waals surface area contributed by atoms with Crippen LogP contribution in [0.1, 0.15) is 5.56 Å². The third-order valence-electron chi connectivity index (χ3n) is 4.30. The molecule has 0 saturated carbocycles. The van der Waals surface area contributed by atoms with E-state index in [-0.39, 0.29) is 0 Å². The molecule has 25 heavy (non-hydrogen) atoms. The van der Waals surface area contributed by atoms with Crippen molar-refractivity contribution in [1.29, 1.82) is 5.26 Å². The lowest BCUT2D eigenvalue weighted by Gasteiger charge is -2.11. The normalized spacial score (nSPS) is 10.4. The zero-order valence-corrected chi connectivity index (χ0v) is 13.6. The number of fused-ring (bicyclic) bond motifs is 1. The SMILES string of the molecule is N#Cc1ccc(-c2ccc(Nc3cccc4ccccc34)cc2)cc1. The number of nitrogens with one attached hydrogen (secondary N) is 1. The highest BCUT2D eigenvalue weighted by Gasteiger charge is 2.02. The van der Waals surface area contributed by atoms with Crippen molar-refractivity contribution in [2.45, 2.75) is 0 Å². The van der Waals surface area contributed by atoms with E-state index >= 15 is 0 Å². The molecule has 0 aliphatic carbocycles. The Morgan fingerprint density at radius 2 is 1.28 bits per heavy atom. The number of hydrogen-bond donors (Lipinski definition) is 1. The minimum Gasteiger partial charge on any atom is -0.355 e. The summed E-state index contributed by atoms with van der Waals surface area (Å²) in [7, 11) is 0. The summed E-state index contributed by atoms with van der Waals surface area (Å²) >= 11 is 0. The minimum atomic E-state index is 0.679. The molecule has 0 heterocycles. The standard InChI is InChI=1S/C23H16N2/c24-16-17-8-10-18(11-9-17)19-12-14-21(15-13-19)25-23-7-3-5-20-4-1-2-6-22(20)23/h1-15,25H. The van der Waals surface area contributed by atoms with Crippen LogP contribution >= 0.6 is 0 Å². The van der Waals surface area contributed by atoms with Gasteiger partial charge >= 0.3 is 0 Å². The Labute approximate surface area is 147 Å². The lowest BCUT2D eigenvalue weighted by molar-refractivity contribution is 1.48. The molecule has 0 spiro atoms. The van der Waals surface area contributed by atoms with Gasteiger partial charge in [-0.1, -0.05) is 60.7 Å². The van der Waals surface area contributed by atoms with E-state index in [0.29, 0.717) is 5.56 Å². The van der Waals surface area contributed by atoms with Crippen molar-refractivity contribution in [3.8, 4) is 17.2 Å². The average molecular weight is 320 g/mol. The zero-order valence-electron chi connectivity index (χ0n) is 13.6.